The van der Waals surface area contributed by atoms with Crippen LogP contribution in [0, 0.1) is 10.5 Å². The van der Waals surface area contributed by atoms with E-state index in [-0.39, 0.29) is 5.91 Å². The maximum atomic E-state index is 12.4. The highest BCUT2D eigenvalue weighted by Gasteiger charge is 2.12. The van der Waals surface area contributed by atoms with Crippen molar-refractivity contribution in [2.24, 2.45) is 0 Å². The number of carbonyl (C=O) groups excluding carboxylic acids is 1. The number of H-pyrrole nitrogens is 1. The van der Waals surface area contributed by atoms with Crippen LogP contribution in [0.15, 0.2) is 48.7 Å². The Labute approximate surface area is 130 Å². The van der Waals surface area contributed by atoms with Gasteiger partial charge in [0, 0.05) is 26.4 Å². The lowest BCUT2D eigenvalue weighted by Gasteiger charge is -2.06. The smallest absolute Gasteiger partial charge is 0.257 e. The molecular formula is C16H13IN2O. The second-order valence-corrected chi connectivity index (χ2v) is 5.83. The zero-order valence-corrected chi connectivity index (χ0v) is 13.1. The van der Waals surface area contributed by atoms with Gasteiger partial charge in [-0.2, -0.15) is 0 Å². The molecule has 0 atom stereocenters. The zero-order valence-electron chi connectivity index (χ0n) is 10.9. The molecule has 0 spiro atoms. The van der Waals surface area contributed by atoms with E-state index in [2.05, 4.69) is 32.9 Å². The van der Waals surface area contributed by atoms with Crippen LogP contribution in [0.4, 0.5) is 5.69 Å². The van der Waals surface area contributed by atoms with Crippen molar-refractivity contribution >= 4 is 45.1 Å². The van der Waals surface area contributed by atoms with Crippen LogP contribution < -0.4 is 5.32 Å². The van der Waals surface area contributed by atoms with Crippen molar-refractivity contribution in [2.75, 3.05) is 5.32 Å². The average molecular weight is 376 g/mol. The van der Waals surface area contributed by atoms with Crippen LogP contribution >= 0.6 is 22.6 Å². The molecule has 0 saturated heterocycles. The van der Waals surface area contributed by atoms with Crippen LogP contribution in [0.3, 0.4) is 0 Å². The molecule has 100 valence electrons. The summed E-state index contributed by atoms with van der Waals surface area (Å²) >= 11 is 2.27. The summed E-state index contributed by atoms with van der Waals surface area (Å²) in [5.74, 6) is -0.0953. The Kier molecular flexibility index (Phi) is 3.48. The molecule has 4 heteroatoms. The molecule has 1 heterocycles. The highest BCUT2D eigenvalue weighted by molar-refractivity contribution is 14.1. The number of aromatic nitrogens is 1. The highest BCUT2D eigenvalue weighted by atomic mass is 127. The van der Waals surface area contributed by atoms with Gasteiger partial charge in [0.05, 0.1) is 5.56 Å². The molecule has 0 fully saturated rings. The number of hydrogen-bond donors (Lipinski definition) is 2. The summed E-state index contributed by atoms with van der Waals surface area (Å²) in [4.78, 5) is 15.5. The van der Waals surface area contributed by atoms with E-state index >= 15 is 0 Å². The van der Waals surface area contributed by atoms with Crippen molar-refractivity contribution in [3.8, 4) is 0 Å². The number of para-hydroxylation sites is 1. The average Bonchev–Trinajstić information content (AvgIpc) is 2.87. The summed E-state index contributed by atoms with van der Waals surface area (Å²) in [7, 11) is 0. The Hall–Kier alpha value is -1.82. The number of aromatic amines is 1. The van der Waals surface area contributed by atoms with Crippen molar-refractivity contribution in [2.45, 2.75) is 6.92 Å². The van der Waals surface area contributed by atoms with Gasteiger partial charge in [-0.15, -0.1) is 0 Å². The van der Waals surface area contributed by atoms with Gasteiger partial charge >= 0.3 is 0 Å². The molecule has 0 aliphatic heterocycles. The minimum absolute atomic E-state index is 0.0953. The number of nitrogens with one attached hydrogen (secondary N) is 2. The largest absolute Gasteiger partial charge is 0.360 e. The molecule has 1 aromatic heterocycles. The van der Waals surface area contributed by atoms with Gasteiger partial charge in [-0.3, -0.25) is 4.79 Å². The normalized spacial score (nSPS) is 10.7. The Morgan fingerprint density at radius 3 is 2.80 bits per heavy atom. The Morgan fingerprint density at radius 1 is 1.20 bits per heavy atom. The minimum atomic E-state index is -0.0953. The Balaban J connectivity index is 1.91. The molecular weight excluding hydrogens is 363 g/mol. The van der Waals surface area contributed by atoms with Gasteiger partial charge in [0.2, 0.25) is 0 Å². The van der Waals surface area contributed by atoms with Crippen LogP contribution in [-0.2, 0) is 0 Å². The van der Waals surface area contributed by atoms with Crippen molar-refractivity contribution in [3.05, 3.63) is 63.4 Å². The second kappa shape index (κ2) is 5.28. The predicted molar refractivity (Wildman–Crippen MR) is 90.1 cm³/mol. The van der Waals surface area contributed by atoms with E-state index in [9.17, 15) is 4.79 Å². The fourth-order valence-electron chi connectivity index (χ4n) is 2.13. The molecule has 2 aromatic carbocycles. The predicted octanol–water partition coefficient (Wildman–Crippen LogP) is 4.33. The summed E-state index contributed by atoms with van der Waals surface area (Å²) in [6.07, 6.45) is 1.75. The summed E-state index contributed by atoms with van der Waals surface area (Å²) in [6.45, 7) is 2.05. The van der Waals surface area contributed by atoms with Crippen LogP contribution in [-0.4, -0.2) is 10.9 Å². The van der Waals surface area contributed by atoms with E-state index < -0.39 is 0 Å². The molecule has 20 heavy (non-hydrogen) atoms. The number of rotatable bonds is 2. The number of fused-ring (bicyclic) bond motifs is 1. The number of amides is 1. The molecule has 0 saturated carbocycles. The first-order valence-corrected chi connectivity index (χ1v) is 7.36. The maximum Gasteiger partial charge on any atom is 0.257 e. The fraction of sp³-hybridized carbons (Fsp3) is 0.0625. The number of benzene rings is 2. The van der Waals surface area contributed by atoms with Gasteiger partial charge in [0.25, 0.3) is 5.91 Å². The third kappa shape index (κ3) is 2.43. The molecule has 0 unspecified atom stereocenters. The standard InChI is InChI=1S/C16H13IN2O/c1-10-6-7-11(8-14(10)17)19-16(20)13-9-18-15-5-3-2-4-12(13)15/h2-9,18H,1H3,(H,19,20). The van der Waals surface area contributed by atoms with Crippen molar-refractivity contribution < 1.29 is 4.79 Å². The van der Waals surface area contributed by atoms with Gasteiger partial charge in [-0.1, -0.05) is 24.3 Å². The first-order chi connectivity index (χ1) is 9.65. The van der Waals surface area contributed by atoms with Crippen molar-refractivity contribution in [3.63, 3.8) is 0 Å². The van der Waals surface area contributed by atoms with Crippen LogP contribution in [0.5, 0.6) is 0 Å². The molecule has 0 radical (unpaired) electrons. The van der Waals surface area contributed by atoms with Crippen LogP contribution in [0.25, 0.3) is 10.9 Å². The lowest BCUT2D eigenvalue weighted by atomic mass is 10.1. The van der Waals surface area contributed by atoms with Crippen LogP contribution in [0.1, 0.15) is 15.9 Å². The molecule has 0 aliphatic rings. The summed E-state index contributed by atoms with van der Waals surface area (Å²) in [6, 6.07) is 13.7. The maximum absolute atomic E-state index is 12.4. The molecule has 3 aromatic rings. The third-order valence-corrected chi connectivity index (χ3v) is 4.43. The SMILES string of the molecule is Cc1ccc(NC(=O)c2c[nH]c3ccccc23)cc1I. The topological polar surface area (TPSA) is 44.9 Å². The van der Waals surface area contributed by atoms with Crippen molar-refractivity contribution in [1.29, 1.82) is 0 Å². The minimum Gasteiger partial charge on any atom is -0.360 e. The van der Waals surface area contributed by atoms with Gasteiger partial charge in [0.1, 0.15) is 0 Å². The van der Waals surface area contributed by atoms with Gasteiger partial charge in [-0.25, -0.2) is 0 Å². The summed E-state index contributed by atoms with van der Waals surface area (Å²) < 4.78 is 1.14. The number of hydrogen-bond acceptors (Lipinski definition) is 1. The number of aryl methyl sites for hydroxylation is 1. The molecule has 0 aliphatic carbocycles. The zero-order chi connectivity index (χ0) is 14.1. The molecule has 3 rings (SSSR count). The van der Waals surface area contributed by atoms with E-state index in [4.69, 9.17) is 0 Å². The van der Waals surface area contributed by atoms with E-state index in [0.717, 1.165) is 20.2 Å². The van der Waals surface area contributed by atoms with Gasteiger partial charge < -0.3 is 10.3 Å². The summed E-state index contributed by atoms with van der Waals surface area (Å²) in [5, 5.41) is 3.88. The van der Waals surface area contributed by atoms with Gasteiger partial charge in [-0.05, 0) is 53.3 Å². The van der Waals surface area contributed by atoms with E-state index in [1.807, 2.05) is 49.4 Å². The number of halogens is 1. The molecule has 0 bridgehead atoms. The molecule has 1 amide bonds. The quantitative estimate of drug-likeness (QED) is 0.643. The lowest BCUT2D eigenvalue weighted by molar-refractivity contribution is 0.102. The molecule has 3 nitrogen and oxygen atoms in total. The Bertz CT molecular complexity index is 792. The second-order valence-electron chi connectivity index (χ2n) is 4.67. The summed E-state index contributed by atoms with van der Waals surface area (Å²) in [5.41, 5.74) is 3.65. The van der Waals surface area contributed by atoms with Crippen molar-refractivity contribution in [1.82, 2.24) is 4.98 Å². The van der Waals surface area contributed by atoms with E-state index in [0.29, 0.717) is 5.56 Å². The van der Waals surface area contributed by atoms with Crippen LogP contribution in [0.2, 0.25) is 0 Å². The highest BCUT2D eigenvalue weighted by Crippen LogP contribution is 2.21. The first kappa shape index (κ1) is 13.2. The third-order valence-electron chi connectivity index (χ3n) is 3.26. The lowest BCUT2D eigenvalue weighted by Crippen LogP contribution is -2.11. The van der Waals surface area contributed by atoms with E-state index in [1.165, 1.54) is 5.56 Å². The number of carbonyl (C=O) groups is 1. The first-order valence-electron chi connectivity index (χ1n) is 6.29. The monoisotopic (exact) mass is 376 g/mol. The Morgan fingerprint density at radius 2 is 2.00 bits per heavy atom. The van der Waals surface area contributed by atoms with E-state index in [1.54, 1.807) is 6.20 Å². The van der Waals surface area contributed by atoms with Gasteiger partial charge in [0.15, 0.2) is 0 Å². The molecule has 2 N–H and O–H groups in total. The number of anilines is 1. The fourth-order valence-corrected chi connectivity index (χ4v) is 2.64.